The van der Waals surface area contributed by atoms with E-state index in [0.717, 1.165) is 0 Å². The zero-order valence-electron chi connectivity index (χ0n) is 8.00. The van der Waals surface area contributed by atoms with E-state index < -0.39 is 18.2 Å². The molecule has 0 saturated heterocycles. The third-order valence-corrected chi connectivity index (χ3v) is 1.39. The van der Waals surface area contributed by atoms with Crippen molar-refractivity contribution in [1.29, 1.82) is 0 Å². The van der Waals surface area contributed by atoms with Gasteiger partial charge in [-0.3, -0.25) is 0 Å². The van der Waals surface area contributed by atoms with Gasteiger partial charge in [-0.25, -0.2) is 9.59 Å². The minimum Gasteiger partial charge on any atom is -0.349 e. The number of rotatable bonds is 3. The maximum absolute atomic E-state index is 11.7. The number of urea groups is 1. The lowest BCUT2D eigenvalue weighted by molar-refractivity contribution is -0.227. The standard InChI is InChI=1S/C7H11F3N2O3/c1-2-3-4-12(6(11)14)15-5(13)7(8,9)10/h2-4H2,1H3,(H2,11,14). The summed E-state index contributed by atoms with van der Waals surface area (Å²) in [5.74, 6) is -2.46. The van der Waals surface area contributed by atoms with Crippen molar-refractivity contribution in [2.24, 2.45) is 5.73 Å². The summed E-state index contributed by atoms with van der Waals surface area (Å²) < 4.78 is 35.2. The minimum atomic E-state index is -5.14. The average molecular weight is 228 g/mol. The van der Waals surface area contributed by atoms with Crippen molar-refractivity contribution in [2.75, 3.05) is 6.54 Å². The highest BCUT2D eigenvalue weighted by Crippen LogP contribution is 2.17. The smallest absolute Gasteiger partial charge is 0.349 e. The van der Waals surface area contributed by atoms with Gasteiger partial charge >= 0.3 is 18.2 Å². The Hall–Kier alpha value is -1.47. The quantitative estimate of drug-likeness (QED) is 0.737. The van der Waals surface area contributed by atoms with Crippen LogP contribution in [0.4, 0.5) is 18.0 Å². The fourth-order valence-electron chi connectivity index (χ4n) is 0.654. The minimum absolute atomic E-state index is 0.159. The van der Waals surface area contributed by atoms with Gasteiger partial charge in [-0.2, -0.15) is 18.2 Å². The van der Waals surface area contributed by atoms with Gasteiger partial charge in [0.25, 0.3) is 0 Å². The predicted octanol–water partition coefficient (Wildman–Crippen LogP) is 1.19. The number of nitrogens with zero attached hydrogens (tertiary/aromatic N) is 1. The average Bonchev–Trinajstić information content (AvgIpc) is 2.09. The second-order valence-electron chi connectivity index (χ2n) is 2.67. The van der Waals surface area contributed by atoms with Gasteiger partial charge in [0, 0.05) is 0 Å². The Morgan fingerprint density at radius 2 is 1.93 bits per heavy atom. The van der Waals surface area contributed by atoms with E-state index in [2.05, 4.69) is 4.84 Å². The largest absolute Gasteiger partial charge is 0.493 e. The molecule has 0 aliphatic rings. The first-order chi connectivity index (χ1) is 6.79. The van der Waals surface area contributed by atoms with Crippen molar-refractivity contribution >= 4 is 12.0 Å². The Bertz CT molecular complexity index is 242. The lowest BCUT2D eigenvalue weighted by Crippen LogP contribution is -2.41. The molecule has 0 fully saturated rings. The summed E-state index contributed by atoms with van der Waals surface area (Å²) in [5, 5.41) is 0.194. The highest BCUT2D eigenvalue weighted by Gasteiger charge is 2.43. The maximum Gasteiger partial charge on any atom is 0.493 e. The van der Waals surface area contributed by atoms with Crippen LogP contribution in [0.3, 0.4) is 0 Å². The Balaban J connectivity index is 4.29. The molecule has 0 aliphatic carbocycles. The molecule has 15 heavy (non-hydrogen) atoms. The van der Waals surface area contributed by atoms with Gasteiger partial charge in [-0.15, -0.1) is 0 Å². The number of hydrogen-bond acceptors (Lipinski definition) is 3. The number of alkyl halides is 3. The molecule has 8 heteroatoms. The summed E-state index contributed by atoms with van der Waals surface area (Å²) in [7, 11) is 0. The van der Waals surface area contributed by atoms with E-state index in [1.165, 1.54) is 0 Å². The summed E-state index contributed by atoms with van der Waals surface area (Å²) >= 11 is 0. The summed E-state index contributed by atoms with van der Waals surface area (Å²) in [5.41, 5.74) is 4.71. The Morgan fingerprint density at radius 1 is 1.40 bits per heavy atom. The first-order valence-electron chi connectivity index (χ1n) is 4.15. The van der Waals surface area contributed by atoms with Crippen LogP contribution in [0, 0.1) is 0 Å². The van der Waals surface area contributed by atoms with Crippen molar-refractivity contribution in [1.82, 2.24) is 5.06 Å². The number of hydroxylamine groups is 2. The third kappa shape index (κ3) is 5.08. The van der Waals surface area contributed by atoms with Gasteiger partial charge in [0.15, 0.2) is 0 Å². The molecular weight excluding hydrogens is 217 g/mol. The number of halogens is 3. The predicted molar refractivity (Wildman–Crippen MR) is 43.3 cm³/mol. The molecule has 0 radical (unpaired) electrons. The first-order valence-corrected chi connectivity index (χ1v) is 4.15. The van der Waals surface area contributed by atoms with Crippen LogP contribution < -0.4 is 5.73 Å². The second kappa shape index (κ2) is 5.42. The zero-order valence-corrected chi connectivity index (χ0v) is 8.00. The van der Waals surface area contributed by atoms with Gasteiger partial charge in [-0.1, -0.05) is 13.3 Å². The fraction of sp³-hybridized carbons (Fsp3) is 0.714. The molecule has 0 atom stereocenters. The summed E-state index contributed by atoms with van der Waals surface area (Å²) in [4.78, 5) is 24.7. The van der Waals surface area contributed by atoms with Crippen LogP contribution in [0.15, 0.2) is 0 Å². The molecule has 0 heterocycles. The van der Waals surface area contributed by atoms with E-state index in [4.69, 9.17) is 5.73 Å². The second-order valence-corrected chi connectivity index (χ2v) is 2.67. The molecule has 0 aliphatic heterocycles. The highest BCUT2D eigenvalue weighted by molar-refractivity contribution is 5.78. The highest BCUT2D eigenvalue weighted by atomic mass is 19.4. The fourth-order valence-corrected chi connectivity index (χ4v) is 0.654. The van der Waals surface area contributed by atoms with E-state index >= 15 is 0 Å². The molecule has 88 valence electrons. The maximum atomic E-state index is 11.7. The number of nitrogens with two attached hydrogens (primary N) is 1. The molecule has 0 bridgehead atoms. The van der Waals surface area contributed by atoms with Crippen LogP contribution in [-0.2, 0) is 9.63 Å². The van der Waals surface area contributed by atoms with Crippen LogP contribution in [-0.4, -0.2) is 29.8 Å². The van der Waals surface area contributed by atoms with E-state index in [-0.39, 0.29) is 11.6 Å². The number of carbonyl (C=O) groups excluding carboxylic acids is 2. The van der Waals surface area contributed by atoms with Gasteiger partial charge < -0.3 is 10.6 Å². The number of amides is 2. The number of hydrogen-bond donors (Lipinski definition) is 1. The molecular formula is C7H11F3N2O3. The zero-order chi connectivity index (χ0) is 12.1. The number of unbranched alkanes of at least 4 members (excludes halogenated alkanes) is 1. The van der Waals surface area contributed by atoms with Crippen LogP contribution in [0.1, 0.15) is 19.8 Å². The van der Waals surface area contributed by atoms with E-state index in [0.29, 0.717) is 12.8 Å². The number of primary amides is 1. The van der Waals surface area contributed by atoms with E-state index in [9.17, 15) is 22.8 Å². The van der Waals surface area contributed by atoms with Crippen LogP contribution in [0.5, 0.6) is 0 Å². The molecule has 0 saturated carbocycles. The molecule has 5 nitrogen and oxygen atoms in total. The van der Waals surface area contributed by atoms with Gasteiger partial charge in [-0.05, 0) is 6.42 Å². The summed E-state index contributed by atoms with van der Waals surface area (Å²) in [6.45, 7) is 1.60. The topological polar surface area (TPSA) is 72.6 Å². The lowest BCUT2D eigenvalue weighted by atomic mass is 10.3. The van der Waals surface area contributed by atoms with Crippen LogP contribution in [0.25, 0.3) is 0 Å². The van der Waals surface area contributed by atoms with E-state index in [1.807, 2.05) is 0 Å². The monoisotopic (exact) mass is 228 g/mol. The van der Waals surface area contributed by atoms with Crippen molar-refractivity contribution in [2.45, 2.75) is 25.9 Å². The first kappa shape index (κ1) is 13.5. The Labute approximate surface area is 83.9 Å². The van der Waals surface area contributed by atoms with Gasteiger partial charge in [0.1, 0.15) is 0 Å². The van der Waals surface area contributed by atoms with Crippen molar-refractivity contribution in [3.63, 3.8) is 0 Å². The van der Waals surface area contributed by atoms with Crippen LogP contribution in [0.2, 0.25) is 0 Å². The van der Waals surface area contributed by atoms with Gasteiger partial charge in [0.05, 0.1) is 6.54 Å². The molecule has 2 N–H and O–H groups in total. The lowest BCUT2D eigenvalue weighted by Gasteiger charge is -2.18. The molecule has 2 amide bonds. The number of carbonyl (C=O) groups is 2. The molecule has 0 aromatic heterocycles. The third-order valence-electron chi connectivity index (χ3n) is 1.39. The van der Waals surface area contributed by atoms with Crippen molar-refractivity contribution < 1.29 is 27.6 Å². The van der Waals surface area contributed by atoms with Crippen molar-refractivity contribution in [3.05, 3.63) is 0 Å². The Morgan fingerprint density at radius 3 is 2.27 bits per heavy atom. The Kier molecular flexibility index (Phi) is 4.89. The molecule has 0 rings (SSSR count). The summed E-state index contributed by atoms with van der Waals surface area (Å²) in [6.07, 6.45) is -4.14. The normalized spacial score (nSPS) is 10.9. The van der Waals surface area contributed by atoms with E-state index in [1.54, 1.807) is 6.92 Å². The van der Waals surface area contributed by atoms with Crippen LogP contribution >= 0.6 is 0 Å². The van der Waals surface area contributed by atoms with Gasteiger partial charge in [0.2, 0.25) is 0 Å². The van der Waals surface area contributed by atoms with Crippen molar-refractivity contribution in [3.8, 4) is 0 Å². The molecule has 0 aromatic carbocycles. The molecule has 0 unspecified atom stereocenters. The summed E-state index contributed by atoms with van der Waals surface area (Å²) in [6, 6.07) is -1.24. The molecule has 0 aromatic rings. The SMILES string of the molecule is CCCCN(OC(=O)C(F)(F)F)C(N)=O. The molecule has 0 spiro atoms.